The number of carbonyl (C=O) groups excluding carboxylic acids is 2. The van der Waals surface area contributed by atoms with Gasteiger partial charge in [-0.15, -0.1) is 0 Å². The highest BCUT2D eigenvalue weighted by Gasteiger charge is 2.60. The van der Waals surface area contributed by atoms with Crippen LogP contribution in [0.5, 0.6) is 11.5 Å². The SMILES string of the molecule is CC(Cc1ccc2c(c1)OC(C(=O)OC(C)c1ccccc1)(C(=O)OC(C)c1ccccc1)O2)NCC(O)c1cccc(Cl)c1. The number of hydrogen-bond donors (Lipinski definition) is 2. The Morgan fingerprint density at radius 3 is 1.89 bits per heavy atom. The van der Waals surface area contributed by atoms with Crippen LogP contribution in [0.2, 0.25) is 5.02 Å². The molecule has 0 radical (unpaired) electrons. The molecule has 4 aromatic carbocycles. The van der Waals surface area contributed by atoms with Gasteiger partial charge in [-0.05, 0) is 73.7 Å². The number of hydrogen-bond acceptors (Lipinski definition) is 8. The third kappa shape index (κ3) is 7.65. The van der Waals surface area contributed by atoms with Gasteiger partial charge in [-0.1, -0.05) is 90.5 Å². The number of benzene rings is 4. The molecule has 5 rings (SSSR count). The van der Waals surface area contributed by atoms with Gasteiger partial charge in [0, 0.05) is 17.6 Å². The zero-order valence-corrected chi connectivity index (χ0v) is 26.1. The summed E-state index contributed by atoms with van der Waals surface area (Å²) in [4.78, 5) is 27.4. The first-order valence-corrected chi connectivity index (χ1v) is 15.2. The van der Waals surface area contributed by atoms with Crippen molar-refractivity contribution in [2.24, 2.45) is 0 Å². The second-order valence-corrected chi connectivity index (χ2v) is 11.5. The lowest BCUT2D eigenvalue weighted by Gasteiger charge is -2.26. The van der Waals surface area contributed by atoms with Crippen molar-refractivity contribution in [1.29, 1.82) is 0 Å². The highest BCUT2D eigenvalue weighted by molar-refractivity contribution is 6.30. The fourth-order valence-electron chi connectivity index (χ4n) is 5.05. The zero-order valence-electron chi connectivity index (χ0n) is 25.3. The largest absolute Gasteiger partial charge is 0.453 e. The molecule has 4 aromatic rings. The van der Waals surface area contributed by atoms with E-state index in [2.05, 4.69) is 5.32 Å². The topological polar surface area (TPSA) is 103 Å². The molecule has 0 spiro atoms. The van der Waals surface area contributed by atoms with E-state index in [1.54, 1.807) is 44.2 Å². The standard InChI is InChI=1S/C36H36ClNO7/c1-23(38-22-31(39)29-15-10-16-30(37)21-29)19-26-17-18-32-33(20-26)45-36(44-32,34(40)42-24(2)27-11-6-4-7-12-27)35(41)43-25(3)28-13-8-5-9-14-28/h4-18,20-21,23-25,31,38-39H,19,22H2,1-3H3. The van der Waals surface area contributed by atoms with Gasteiger partial charge in [0.2, 0.25) is 0 Å². The van der Waals surface area contributed by atoms with E-state index in [9.17, 15) is 14.7 Å². The van der Waals surface area contributed by atoms with E-state index in [1.807, 2.05) is 79.7 Å². The first kappa shape index (κ1) is 32.0. The molecule has 1 aliphatic rings. The third-order valence-corrected chi connectivity index (χ3v) is 7.83. The van der Waals surface area contributed by atoms with Crippen molar-refractivity contribution in [2.45, 2.75) is 57.3 Å². The molecule has 0 amide bonds. The molecule has 1 heterocycles. The molecule has 2 N–H and O–H groups in total. The summed E-state index contributed by atoms with van der Waals surface area (Å²) in [6.45, 7) is 5.73. The van der Waals surface area contributed by atoms with Crippen molar-refractivity contribution in [1.82, 2.24) is 5.32 Å². The second kappa shape index (κ2) is 14.2. The number of carbonyl (C=O) groups is 2. The zero-order chi connectivity index (χ0) is 32.0. The fourth-order valence-corrected chi connectivity index (χ4v) is 5.25. The lowest BCUT2D eigenvalue weighted by Crippen LogP contribution is -2.56. The van der Waals surface area contributed by atoms with E-state index >= 15 is 0 Å². The minimum absolute atomic E-state index is 0.0302. The molecule has 4 unspecified atom stereocenters. The average molecular weight is 630 g/mol. The first-order chi connectivity index (χ1) is 21.6. The van der Waals surface area contributed by atoms with Crippen molar-refractivity contribution < 1.29 is 33.6 Å². The lowest BCUT2D eigenvalue weighted by atomic mass is 10.1. The van der Waals surface area contributed by atoms with Gasteiger partial charge in [-0.25, -0.2) is 9.59 Å². The minimum atomic E-state index is -2.49. The van der Waals surface area contributed by atoms with Crippen LogP contribution in [0.4, 0.5) is 0 Å². The molecular weight excluding hydrogens is 594 g/mol. The summed E-state index contributed by atoms with van der Waals surface area (Å²) in [6, 6.07) is 30.6. The quantitative estimate of drug-likeness (QED) is 0.132. The average Bonchev–Trinajstić information content (AvgIpc) is 3.45. The number of rotatable bonds is 12. The number of halogens is 1. The van der Waals surface area contributed by atoms with Crippen LogP contribution >= 0.6 is 11.6 Å². The maximum atomic E-state index is 13.7. The normalized spacial score (nSPS) is 18.0. The maximum absolute atomic E-state index is 13.7. The third-order valence-electron chi connectivity index (χ3n) is 7.59. The van der Waals surface area contributed by atoms with Crippen molar-refractivity contribution in [3.05, 3.63) is 130 Å². The Bertz CT molecular complexity index is 1560. The van der Waals surface area contributed by atoms with Gasteiger partial charge in [0.25, 0.3) is 0 Å². The number of aliphatic hydroxyl groups is 1. The van der Waals surface area contributed by atoms with Crippen LogP contribution in [0.15, 0.2) is 103 Å². The first-order valence-electron chi connectivity index (χ1n) is 14.8. The Morgan fingerprint density at radius 1 is 0.756 bits per heavy atom. The highest BCUT2D eigenvalue weighted by Crippen LogP contribution is 2.42. The van der Waals surface area contributed by atoms with Crippen LogP contribution in [-0.4, -0.2) is 35.4 Å². The Kier molecular flexibility index (Phi) is 10.1. The number of esters is 2. The predicted octanol–water partition coefficient (Wildman–Crippen LogP) is 6.67. The molecule has 1 aliphatic heterocycles. The van der Waals surface area contributed by atoms with E-state index in [4.69, 9.17) is 30.5 Å². The number of aliphatic hydroxyl groups excluding tert-OH is 1. The molecule has 45 heavy (non-hydrogen) atoms. The van der Waals surface area contributed by atoms with Gasteiger partial charge in [-0.2, -0.15) is 0 Å². The summed E-state index contributed by atoms with van der Waals surface area (Å²) >= 11 is 6.06. The Hall–Kier alpha value is -4.37. The molecule has 234 valence electrons. The van der Waals surface area contributed by atoms with Crippen LogP contribution in [0.25, 0.3) is 0 Å². The van der Waals surface area contributed by atoms with Gasteiger partial charge >= 0.3 is 17.7 Å². The van der Waals surface area contributed by atoms with Crippen LogP contribution in [0.1, 0.15) is 61.3 Å². The summed E-state index contributed by atoms with van der Waals surface area (Å²) in [6.07, 6.45) is -1.53. The highest BCUT2D eigenvalue weighted by atomic mass is 35.5. The summed E-state index contributed by atoms with van der Waals surface area (Å²) in [5, 5.41) is 14.5. The van der Waals surface area contributed by atoms with E-state index < -0.39 is 36.0 Å². The Labute approximate surface area is 267 Å². The molecule has 0 saturated heterocycles. The van der Waals surface area contributed by atoms with Crippen LogP contribution < -0.4 is 14.8 Å². The molecule has 9 heteroatoms. The smallest absolute Gasteiger partial charge is 0.452 e. The number of nitrogens with one attached hydrogen (secondary N) is 1. The summed E-state index contributed by atoms with van der Waals surface area (Å²) in [5.74, 6) is -4.10. The summed E-state index contributed by atoms with van der Waals surface area (Å²) in [7, 11) is 0. The van der Waals surface area contributed by atoms with Crippen LogP contribution in [0, 0.1) is 0 Å². The van der Waals surface area contributed by atoms with Crippen LogP contribution in [0.3, 0.4) is 0 Å². The van der Waals surface area contributed by atoms with Gasteiger partial charge < -0.3 is 29.4 Å². The van der Waals surface area contributed by atoms with Gasteiger partial charge in [-0.3, -0.25) is 0 Å². The maximum Gasteiger partial charge on any atom is 0.453 e. The van der Waals surface area contributed by atoms with E-state index in [0.29, 0.717) is 18.0 Å². The van der Waals surface area contributed by atoms with Crippen molar-refractivity contribution in [3.8, 4) is 11.5 Å². The monoisotopic (exact) mass is 629 g/mol. The molecule has 0 aliphatic carbocycles. The van der Waals surface area contributed by atoms with Crippen molar-refractivity contribution in [2.75, 3.05) is 6.54 Å². The van der Waals surface area contributed by atoms with Gasteiger partial charge in [0.1, 0.15) is 12.2 Å². The molecule has 8 nitrogen and oxygen atoms in total. The Balaban J connectivity index is 1.31. The molecule has 0 aromatic heterocycles. The fraction of sp³-hybridized carbons (Fsp3) is 0.278. The second-order valence-electron chi connectivity index (χ2n) is 11.1. The molecule has 0 fully saturated rings. The summed E-state index contributed by atoms with van der Waals surface area (Å²) < 4.78 is 23.4. The number of ether oxygens (including phenoxy) is 4. The van der Waals surface area contributed by atoms with Crippen LogP contribution in [-0.2, 0) is 25.5 Å². The van der Waals surface area contributed by atoms with Crippen molar-refractivity contribution >= 4 is 23.5 Å². The van der Waals surface area contributed by atoms with Gasteiger partial charge in [0.05, 0.1) is 6.10 Å². The number of fused-ring (bicyclic) bond motifs is 1. The van der Waals surface area contributed by atoms with E-state index in [1.165, 1.54) is 0 Å². The Morgan fingerprint density at radius 2 is 1.31 bits per heavy atom. The molecule has 0 saturated carbocycles. The van der Waals surface area contributed by atoms with E-state index in [-0.39, 0.29) is 17.5 Å². The van der Waals surface area contributed by atoms with Crippen molar-refractivity contribution in [3.63, 3.8) is 0 Å². The summed E-state index contributed by atoms with van der Waals surface area (Å²) in [5.41, 5.74) is 3.07. The molecule has 0 bridgehead atoms. The van der Waals surface area contributed by atoms with Gasteiger partial charge in [0.15, 0.2) is 11.5 Å². The predicted molar refractivity (Wildman–Crippen MR) is 170 cm³/mol. The molecule has 4 atom stereocenters. The van der Waals surface area contributed by atoms with E-state index in [0.717, 1.165) is 22.3 Å². The lowest BCUT2D eigenvalue weighted by molar-refractivity contribution is -0.208. The minimum Gasteiger partial charge on any atom is -0.452 e. The molecular formula is C36H36ClNO7.